The van der Waals surface area contributed by atoms with E-state index in [-0.39, 0.29) is 0 Å². The van der Waals surface area contributed by atoms with E-state index in [0.29, 0.717) is 0 Å². The number of hydrogen-bond donors (Lipinski definition) is 1. The molecule has 0 spiro atoms. The lowest BCUT2D eigenvalue weighted by Gasteiger charge is -1.97. The third-order valence-corrected chi connectivity index (χ3v) is 2.37. The fourth-order valence-corrected chi connectivity index (χ4v) is 1.47. The Bertz CT molecular complexity index is 273. The van der Waals surface area contributed by atoms with E-state index < -0.39 is 0 Å². The lowest BCUT2D eigenvalue weighted by Crippen LogP contribution is -1.83. The third-order valence-electron chi connectivity index (χ3n) is 1.69. The summed E-state index contributed by atoms with van der Waals surface area (Å²) in [5.41, 5.74) is 4.76. The topological polar surface area (TPSA) is 15.8 Å². The van der Waals surface area contributed by atoms with Crippen molar-refractivity contribution in [3.05, 3.63) is 29.6 Å². The second kappa shape index (κ2) is 3.26. The molecule has 0 atom stereocenters. The highest BCUT2D eigenvalue weighted by atomic mass is 79.9. The molecule has 0 radical (unpaired) electrons. The van der Waals surface area contributed by atoms with Crippen LogP contribution in [-0.2, 0) is 0 Å². The van der Waals surface area contributed by atoms with Gasteiger partial charge in [-0.3, -0.25) is 0 Å². The number of aromatic nitrogens is 1. The molecule has 0 aliphatic heterocycles. The van der Waals surface area contributed by atoms with E-state index in [0.717, 1.165) is 10.9 Å². The van der Waals surface area contributed by atoms with Crippen LogP contribution in [0.4, 0.5) is 0 Å². The lowest BCUT2D eigenvalue weighted by atomic mass is 10.1. The number of aryl methyl sites for hydroxylation is 2. The highest BCUT2D eigenvalue weighted by molar-refractivity contribution is 9.09. The number of allylic oxidation sites excluding steroid dienone is 1. The Kier molecular flexibility index (Phi) is 2.55. The summed E-state index contributed by atoms with van der Waals surface area (Å²) in [5.74, 6) is 0. The molecule has 1 nitrogen and oxygen atoms in total. The molecule has 0 aliphatic rings. The van der Waals surface area contributed by atoms with Gasteiger partial charge in [-0.25, -0.2) is 0 Å². The van der Waals surface area contributed by atoms with Crippen molar-refractivity contribution in [2.45, 2.75) is 13.8 Å². The van der Waals surface area contributed by atoms with Crippen molar-refractivity contribution in [1.29, 1.82) is 0 Å². The summed E-state index contributed by atoms with van der Waals surface area (Å²) in [7, 11) is 0. The van der Waals surface area contributed by atoms with Gasteiger partial charge in [-0.1, -0.05) is 22.5 Å². The van der Waals surface area contributed by atoms with Crippen molar-refractivity contribution in [3.8, 4) is 0 Å². The molecule has 0 aliphatic carbocycles. The standard InChI is InChI=1S/C9H12BrN/c1-6(5-10)9-4-7(2)11-8(9)3/h4,11H,1,5H2,2-3H3. The van der Waals surface area contributed by atoms with Crippen LogP contribution in [0, 0.1) is 13.8 Å². The zero-order chi connectivity index (χ0) is 8.43. The van der Waals surface area contributed by atoms with Crippen molar-refractivity contribution < 1.29 is 0 Å². The van der Waals surface area contributed by atoms with Crippen LogP contribution in [0.1, 0.15) is 17.0 Å². The molecule has 1 N–H and O–H groups in total. The summed E-state index contributed by atoms with van der Waals surface area (Å²) in [5, 5.41) is 0.838. The Balaban J connectivity index is 3.03. The maximum absolute atomic E-state index is 3.95. The first kappa shape index (κ1) is 8.60. The predicted octanol–water partition coefficient (Wildman–Crippen LogP) is 3.04. The number of alkyl halides is 1. The van der Waals surface area contributed by atoms with Gasteiger partial charge in [0, 0.05) is 16.7 Å². The molecule has 1 rings (SSSR count). The molecular formula is C9H12BrN. The van der Waals surface area contributed by atoms with Crippen LogP contribution in [-0.4, -0.2) is 10.3 Å². The minimum atomic E-state index is 0.838. The lowest BCUT2D eigenvalue weighted by molar-refractivity contribution is 1.18. The molecule has 0 aromatic carbocycles. The van der Waals surface area contributed by atoms with Gasteiger partial charge in [0.15, 0.2) is 0 Å². The Morgan fingerprint density at radius 3 is 2.64 bits per heavy atom. The van der Waals surface area contributed by atoms with Crippen LogP contribution in [0.25, 0.3) is 5.57 Å². The van der Waals surface area contributed by atoms with Crippen molar-refractivity contribution in [3.63, 3.8) is 0 Å². The van der Waals surface area contributed by atoms with Crippen molar-refractivity contribution in [2.75, 3.05) is 5.33 Å². The summed E-state index contributed by atoms with van der Waals surface area (Å²) < 4.78 is 0. The van der Waals surface area contributed by atoms with Gasteiger partial charge in [-0.05, 0) is 31.1 Å². The van der Waals surface area contributed by atoms with Gasteiger partial charge in [0.25, 0.3) is 0 Å². The largest absolute Gasteiger partial charge is 0.362 e. The van der Waals surface area contributed by atoms with Gasteiger partial charge in [-0.15, -0.1) is 0 Å². The number of H-pyrrole nitrogens is 1. The first-order valence-electron chi connectivity index (χ1n) is 3.55. The van der Waals surface area contributed by atoms with Crippen molar-refractivity contribution in [1.82, 2.24) is 4.98 Å². The van der Waals surface area contributed by atoms with E-state index in [1.54, 1.807) is 0 Å². The minimum Gasteiger partial charge on any atom is -0.362 e. The first-order valence-corrected chi connectivity index (χ1v) is 4.67. The molecule has 1 aromatic heterocycles. The van der Waals surface area contributed by atoms with E-state index in [4.69, 9.17) is 0 Å². The average molecular weight is 214 g/mol. The Hall–Kier alpha value is -0.500. The maximum Gasteiger partial charge on any atom is 0.0283 e. The van der Waals surface area contributed by atoms with Crippen LogP contribution in [0.2, 0.25) is 0 Å². The highest BCUT2D eigenvalue weighted by Crippen LogP contribution is 2.19. The number of halogens is 1. The molecule has 0 unspecified atom stereocenters. The van der Waals surface area contributed by atoms with Crippen molar-refractivity contribution in [2.24, 2.45) is 0 Å². The maximum atomic E-state index is 3.95. The molecule has 60 valence electrons. The molecule has 0 saturated heterocycles. The normalized spacial score (nSPS) is 10.1. The number of aromatic amines is 1. The van der Waals surface area contributed by atoms with Crippen LogP contribution < -0.4 is 0 Å². The van der Waals surface area contributed by atoms with Gasteiger partial charge in [0.1, 0.15) is 0 Å². The molecule has 1 aromatic rings. The first-order chi connectivity index (χ1) is 5.15. The quantitative estimate of drug-likeness (QED) is 0.728. The average Bonchev–Trinajstić information content (AvgIpc) is 2.28. The summed E-state index contributed by atoms with van der Waals surface area (Å²) in [6.45, 7) is 8.07. The molecule has 0 bridgehead atoms. The Labute approximate surface area is 75.6 Å². The molecule has 1 heterocycles. The fraction of sp³-hybridized carbons (Fsp3) is 0.333. The molecular weight excluding hydrogens is 202 g/mol. The van der Waals surface area contributed by atoms with E-state index in [9.17, 15) is 0 Å². The SMILES string of the molecule is C=C(CBr)c1cc(C)[nH]c1C. The van der Waals surface area contributed by atoms with E-state index in [1.807, 2.05) is 0 Å². The summed E-state index contributed by atoms with van der Waals surface area (Å²) in [4.78, 5) is 3.24. The summed E-state index contributed by atoms with van der Waals surface area (Å²) in [6, 6.07) is 2.12. The van der Waals surface area contributed by atoms with Gasteiger partial charge >= 0.3 is 0 Å². The van der Waals surface area contributed by atoms with Crippen LogP contribution in [0.5, 0.6) is 0 Å². The molecule has 11 heavy (non-hydrogen) atoms. The Morgan fingerprint density at radius 2 is 2.27 bits per heavy atom. The van der Waals surface area contributed by atoms with E-state index >= 15 is 0 Å². The van der Waals surface area contributed by atoms with E-state index in [2.05, 4.69) is 47.4 Å². The molecule has 0 fully saturated rings. The zero-order valence-electron chi connectivity index (χ0n) is 6.87. The van der Waals surface area contributed by atoms with Gasteiger partial charge in [0.05, 0.1) is 0 Å². The summed E-state index contributed by atoms with van der Waals surface area (Å²) in [6.07, 6.45) is 0. The summed E-state index contributed by atoms with van der Waals surface area (Å²) >= 11 is 3.38. The molecule has 2 heteroatoms. The number of nitrogens with one attached hydrogen (secondary N) is 1. The predicted molar refractivity (Wildman–Crippen MR) is 53.1 cm³/mol. The monoisotopic (exact) mass is 213 g/mol. The second-order valence-electron chi connectivity index (χ2n) is 2.73. The van der Waals surface area contributed by atoms with Crippen molar-refractivity contribution >= 4 is 21.5 Å². The number of hydrogen-bond acceptors (Lipinski definition) is 0. The molecule has 0 saturated carbocycles. The van der Waals surface area contributed by atoms with Gasteiger partial charge in [-0.2, -0.15) is 0 Å². The van der Waals surface area contributed by atoms with Crippen LogP contribution in [0.3, 0.4) is 0 Å². The zero-order valence-corrected chi connectivity index (χ0v) is 8.46. The van der Waals surface area contributed by atoms with Crippen LogP contribution in [0.15, 0.2) is 12.6 Å². The van der Waals surface area contributed by atoms with Crippen LogP contribution >= 0.6 is 15.9 Å². The fourth-order valence-electron chi connectivity index (χ4n) is 1.16. The smallest absolute Gasteiger partial charge is 0.0283 e. The minimum absolute atomic E-state index is 0.838. The van der Waals surface area contributed by atoms with E-state index in [1.165, 1.54) is 17.0 Å². The Morgan fingerprint density at radius 1 is 1.64 bits per heavy atom. The molecule has 0 amide bonds. The number of rotatable bonds is 2. The third kappa shape index (κ3) is 1.74. The second-order valence-corrected chi connectivity index (χ2v) is 3.29. The highest BCUT2D eigenvalue weighted by Gasteiger charge is 2.03. The van der Waals surface area contributed by atoms with Gasteiger partial charge < -0.3 is 4.98 Å². The van der Waals surface area contributed by atoms with Gasteiger partial charge in [0.2, 0.25) is 0 Å².